The van der Waals surface area contributed by atoms with Crippen LogP contribution < -0.4 is 0 Å². The molecule has 3 heterocycles. The smallest absolute Gasteiger partial charge is 0.0379 e. The Hall–Kier alpha value is -3.60. The van der Waals surface area contributed by atoms with Crippen LogP contribution in [0.15, 0.2) is 134 Å². The molecule has 8 heteroatoms. The summed E-state index contributed by atoms with van der Waals surface area (Å²) < 4.78 is 25.4. The van der Waals surface area contributed by atoms with Crippen LogP contribution in [-0.4, -0.2) is 15.0 Å². The number of nitrogens with zero attached hydrogens (tertiary/aromatic N) is 3. The minimum atomic E-state index is -0.276. The molecule has 0 N–H and O–H groups in total. The minimum absolute atomic E-state index is 0. The van der Waals surface area contributed by atoms with E-state index in [9.17, 15) is 8.78 Å². The molecule has 3 nitrogen and oxygen atoms in total. The van der Waals surface area contributed by atoms with Gasteiger partial charge in [0.2, 0.25) is 0 Å². The molecule has 3 radical (unpaired) electrons. The Labute approximate surface area is 327 Å². The largest absolute Gasteiger partial charge is 0.305 e. The van der Waals surface area contributed by atoms with E-state index in [2.05, 4.69) is 59.1 Å². The minimum Gasteiger partial charge on any atom is -0.305 e. The van der Waals surface area contributed by atoms with Gasteiger partial charge in [0.15, 0.2) is 0 Å². The first-order valence-corrected chi connectivity index (χ1v) is 14.9. The summed E-state index contributed by atoms with van der Waals surface area (Å²) in [4.78, 5) is 12.9. The second-order valence-corrected chi connectivity index (χ2v) is 10.8. The van der Waals surface area contributed by atoms with Gasteiger partial charge in [0.25, 0.3) is 0 Å². The van der Waals surface area contributed by atoms with Crippen molar-refractivity contribution >= 4 is 10.8 Å². The molecule has 0 bridgehead atoms. The molecule has 0 aliphatic carbocycles. The standard InChI is InChI=1S/C15H10N.C14H13FN.C12H9FN.3Ir/c1-2-7-13(8-3-1)15-14-9-5-4-6-12(14)10-11-16-15;1-10(2)12-7-8-16-14(9-12)11-3-5-13(15)6-4-11;1-9-6-7-14-12(8-9)10-2-4-11(13)5-3-10;;;/h1-7,9-11H;3,5-10H,1-2H3;2,4-8H,1H3;;;/q3*-1;;;. The van der Waals surface area contributed by atoms with Crippen LogP contribution in [0.25, 0.3) is 44.5 Å². The SMILES string of the molecule is CC(C)c1ccnc(-c2[c-]cc(F)cc2)c1.Cc1ccnc(-c2[c-]cc(F)cc2)c1.[Ir].[Ir].[Ir].[c-]1ccccc1-c1nccc2ccccc12. The molecule has 0 amide bonds. The number of pyridine rings is 3. The molecule has 3 aromatic heterocycles. The van der Waals surface area contributed by atoms with E-state index in [-0.39, 0.29) is 72.0 Å². The second kappa shape index (κ2) is 20.8. The molecule has 49 heavy (non-hydrogen) atoms. The summed E-state index contributed by atoms with van der Waals surface area (Å²) >= 11 is 0. The summed E-state index contributed by atoms with van der Waals surface area (Å²) in [5, 5.41) is 2.39. The van der Waals surface area contributed by atoms with Crippen molar-refractivity contribution in [2.75, 3.05) is 0 Å². The molecule has 0 saturated carbocycles. The summed E-state index contributed by atoms with van der Waals surface area (Å²) in [6.45, 7) is 6.26. The number of fused-ring (bicyclic) bond motifs is 1. The number of benzene rings is 4. The Kier molecular flexibility index (Phi) is 17.6. The maximum absolute atomic E-state index is 12.8. The van der Waals surface area contributed by atoms with Gasteiger partial charge >= 0.3 is 0 Å². The summed E-state index contributed by atoms with van der Waals surface area (Å²) in [6, 6.07) is 43.9. The van der Waals surface area contributed by atoms with Gasteiger partial charge in [-0.25, -0.2) is 0 Å². The summed E-state index contributed by atoms with van der Waals surface area (Å²) in [5.74, 6) is -0.0904. The average Bonchev–Trinajstić information content (AvgIpc) is 3.10. The molecule has 255 valence electrons. The van der Waals surface area contributed by atoms with E-state index in [1.165, 1.54) is 40.6 Å². The predicted octanol–water partition coefficient (Wildman–Crippen LogP) is 10.5. The van der Waals surface area contributed by atoms with Crippen LogP contribution in [0.2, 0.25) is 0 Å². The summed E-state index contributed by atoms with van der Waals surface area (Å²) in [6.07, 6.45) is 5.36. The van der Waals surface area contributed by atoms with Crippen molar-refractivity contribution in [3.8, 4) is 33.8 Å². The van der Waals surface area contributed by atoms with Gasteiger partial charge in [-0.1, -0.05) is 61.4 Å². The predicted molar refractivity (Wildman–Crippen MR) is 182 cm³/mol. The zero-order valence-electron chi connectivity index (χ0n) is 26.9. The van der Waals surface area contributed by atoms with Crippen molar-refractivity contribution in [1.29, 1.82) is 0 Å². The molecule has 0 aliphatic heterocycles. The van der Waals surface area contributed by atoms with Crippen LogP contribution >= 0.6 is 0 Å². The second-order valence-electron chi connectivity index (χ2n) is 10.8. The van der Waals surface area contributed by atoms with Gasteiger partial charge < -0.3 is 15.0 Å². The van der Waals surface area contributed by atoms with Gasteiger partial charge in [-0.15, -0.1) is 95.6 Å². The van der Waals surface area contributed by atoms with Crippen molar-refractivity contribution in [3.05, 3.63) is 175 Å². The number of aromatic nitrogens is 3. The molecule has 7 aromatic rings. The maximum atomic E-state index is 12.8. The molecular formula is C41H32F2Ir3N3-3. The van der Waals surface area contributed by atoms with E-state index >= 15 is 0 Å². The van der Waals surface area contributed by atoms with Gasteiger partial charge in [0.05, 0.1) is 0 Å². The monoisotopic (exact) mass is 1180 g/mol. The Morgan fingerprint density at radius 3 is 1.73 bits per heavy atom. The number of hydrogen-bond acceptors (Lipinski definition) is 3. The van der Waals surface area contributed by atoms with E-state index in [1.807, 2.05) is 79.9 Å². The van der Waals surface area contributed by atoms with E-state index in [1.54, 1.807) is 24.5 Å². The van der Waals surface area contributed by atoms with E-state index in [0.717, 1.165) is 39.3 Å². The molecule has 0 saturated heterocycles. The Morgan fingerprint density at radius 2 is 1.16 bits per heavy atom. The topological polar surface area (TPSA) is 38.7 Å². The van der Waals surface area contributed by atoms with Crippen molar-refractivity contribution in [3.63, 3.8) is 0 Å². The molecule has 0 spiro atoms. The Bertz CT molecular complexity index is 2000. The van der Waals surface area contributed by atoms with Crippen LogP contribution in [-0.2, 0) is 60.3 Å². The molecule has 4 aromatic carbocycles. The first-order chi connectivity index (χ1) is 22.4. The summed E-state index contributed by atoms with van der Waals surface area (Å²) in [5.41, 5.74) is 7.70. The fourth-order valence-electron chi connectivity index (χ4n) is 4.64. The average molecular weight is 1180 g/mol. The number of rotatable bonds is 4. The van der Waals surface area contributed by atoms with Gasteiger partial charge in [-0.05, 0) is 58.9 Å². The van der Waals surface area contributed by atoms with Crippen LogP contribution in [0.3, 0.4) is 0 Å². The number of halogens is 2. The number of aryl methyl sites for hydroxylation is 1. The van der Waals surface area contributed by atoms with Crippen LogP contribution in [0.1, 0.15) is 30.9 Å². The van der Waals surface area contributed by atoms with Gasteiger partial charge in [-0.3, -0.25) is 8.78 Å². The fourth-order valence-corrected chi connectivity index (χ4v) is 4.64. The van der Waals surface area contributed by atoms with Crippen molar-refractivity contribution in [1.82, 2.24) is 15.0 Å². The Morgan fingerprint density at radius 1 is 0.571 bits per heavy atom. The first kappa shape index (κ1) is 41.6. The van der Waals surface area contributed by atoms with E-state index in [0.29, 0.717) is 5.92 Å². The zero-order chi connectivity index (χ0) is 32.3. The maximum Gasteiger partial charge on any atom is 0.0379 e. The Balaban J connectivity index is 0.000000248. The molecule has 0 fully saturated rings. The first-order valence-electron chi connectivity index (χ1n) is 14.9. The molecule has 7 rings (SSSR count). The van der Waals surface area contributed by atoms with Gasteiger partial charge in [0.1, 0.15) is 0 Å². The molecule has 0 atom stereocenters. The number of hydrogen-bond donors (Lipinski definition) is 0. The van der Waals surface area contributed by atoms with E-state index < -0.39 is 0 Å². The summed E-state index contributed by atoms with van der Waals surface area (Å²) in [7, 11) is 0. The molecule has 0 aliphatic rings. The quantitative estimate of drug-likeness (QED) is 0.165. The van der Waals surface area contributed by atoms with Gasteiger partial charge in [-0.2, -0.15) is 0 Å². The zero-order valence-corrected chi connectivity index (χ0v) is 34.1. The van der Waals surface area contributed by atoms with Gasteiger partial charge in [0, 0.05) is 90.5 Å². The van der Waals surface area contributed by atoms with Crippen molar-refractivity contribution < 1.29 is 69.1 Å². The molecular weight excluding hydrogens is 1150 g/mol. The molecule has 0 unspecified atom stereocenters. The van der Waals surface area contributed by atoms with Crippen LogP contribution in [0.5, 0.6) is 0 Å². The third kappa shape index (κ3) is 12.0. The van der Waals surface area contributed by atoms with Crippen molar-refractivity contribution in [2.45, 2.75) is 26.7 Å². The third-order valence-electron chi connectivity index (χ3n) is 7.11. The van der Waals surface area contributed by atoms with Crippen molar-refractivity contribution in [2.24, 2.45) is 0 Å². The van der Waals surface area contributed by atoms with E-state index in [4.69, 9.17) is 0 Å². The normalized spacial score (nSPS) is 9.84. The van der Waals surface area contributed by atoms with Crippen LogP contribution in [0, 0.1) is 36.8 Å². The van der Waals surface area contributed by atoms with Crippen LogP contribution in [0.4, 0.5) is 8.78 Å². The third-order valence-corrected chi connectivity index (χ3v) is 7.11. The fraction of sp³-hybridized carbons (Fsp3) is 0.0976.